The van der Waals surface area contributed by atoms with E-state index in [-0.39, 0.29) is 37.5 Å². The zero-order valence-corrected chi connectivity index (χ0v) is 53.2. The number of unbranched alkanes of at least 4 members (excludes halogenated alkanes) is 25. The number of rotatable bonds is 60. The first-order chi connectivity index (χ1) is 40.5. The molecule has 0 saturated carbocycles. The highest BCUT2D eigenvalue weighted by Gasteiger charge is 2.19. The number of ether oxygens (including phenoxy) is 3. The molecule has 0 spiro atoms. The Balaban J connectivity index is 4.17. The van der Waals surface area contributed by atoms with E-state index in [1.165, 1.54) is 103 Å². The molecule has 0 radical (unpaired) electrons. The molecule has 6 nitrogen and oxygen atoms in total. The molecular weight excluding hydrogens is 1010 g/mol. The van der Waals surface area contributed by atoms with Gasteiger partial charge in [0, 0.05) is 19.3 Å². The van der Waals surface area contributed by atoms with E-state index in [1.807, 2.05) is 0 Å². The first kappa shape index (κ1) is 77.3. The molecule has 0 aliphatic heterocycles. The Morgan fingerprint density at radius 2 is 0.476 bits per heavy atom. The van der Waals surface area contributed by atoms with Gasteiger partial charge in [0.1, 0.15) is 13.2 Å². The molecule has 82 heavy (non-hydrogen) atoms. The van der Waals surface area contributed by atoms with Crippen LogP contribution >= 0.6 is 0 Å². The summed E-state index contributed by atoms with van der Waals surface area (Å²) < 4.78 is 16.9. The zero-order chi connectivity index (χ0) is 59.2. The van der Waals surface area contributed by atoms with Gasteiger partial charge < -0.3 is 14.2 Å². The maximum Gasteiger partial charge on any atom is 0.306 e. The molecule has 0 bridgehead atoms. The van der Waals surface area contributed by atoms with Crippen LogP contribution in [0.5, 0.6) is 0 Å². The molecule has 6 heteroatoms. The van der Waals surface area contributed by atoms with Crippen molar-refractivity contribution in [1.29, 1.82) is 0 Å². The number of hydrogen-bond donors (Lipinski definition) is 0. The summed E-state index contributed by atoms with van der Waals surface area (Å²) >= 11 is 0. The van der Waals surface area contributed by atoms with Crippen LogP contribution in [-0.4, -0.2) is 37.2 Å². The van der Waals surface area contributed by atoms with Crippen molar-refractivity contribution in [2.24, 2.45) is 0 Å². The van der Waals surface area contributed by atoms with Crippen molar-refractivity contribution in [3.8, 4) is 0 Å². The third-order valence-electron chi connectivity index (χ3n) is 14.0. The Kier molecular flexibility index (Phi) is 64.8. The monoisotopic (exact) mass is 1130 g/mol. The Hall–Kier alpha value is -4.71. The highest BCUT2D eigenvalue weighted by Crippen LogP contribution is 2.16. The minimum atomic E-state index is -0.803. The van der Waals surface area contributed by atoms with Crippen molar-refractivity contribution in [3.05, 3.63) is 146 Å². The predicted octanol–water partition coefficient (Wildman–Crippen LogP) is 23.5. The Morgan fingerprint density at radius 3 is 0.768 bits per heavy atom. The quantitative estimate of drug-likeness (QED) is 0.0261. The maximum atomic E-state index is 12.9. The van der Waals surface area contributed by atoms with Crippen LogP contribution in [0.2, 0.25) is 0 Å². The van der Waals surface area contributed by atoms with Gasteiger partial charge in [0.25, 0.3) is 0 Å². The minimum Gasteiger partial charge on any atom is -0.462 e. The lowest BCUT2D eigenvalue weighted by molar-refractivity contribution is -0.167. The Morgan fingerprint density at radius 1 is 0.256 bits per heavy atom. The lowest BCUT2D eigenvalue weighted by Crippen LogP contribution is -2.30. The predicted molar refractivity (Wildman–Crippen MR) is 357 cm³/mol. The largest absolute Gasteiger partial charge is 0.462 e. The summed E-state index contributed by atoms with van der Waals surface area (Å²) in [4.78, 5) is 38.2. The summed E-state index contributed by atoms with van der Waals surface area (Å²) in [5.74, 6) is -0.937. The normalized spacial score (nSPS) is 13.1. The van der Waals surface area contributed by atoms with Gasteiger partial charge in [0.05, 0.1) is 0 Å². The molecule has 1 unspecified atom stereocenters. The van der Waals surface area contributed by atoms with Gasteiger partial charge >= 0.3 is 17.9 Å². The van der Waals surface area contributed by atoms with Crippen LogP contribution in [0.1, 0.15) is 297 Å². The van der Waals surface area contributed by atoms with Gasteiger partial charge in [0.15, 0.2) is 6.10 Å². The fourth-order valence-electron chi connectivity index (χ4n) is 9.06. The first-order valence-electron chi connectivity index (χ1n) is 33.8. The summed E-state index contributed by atoms with van der Waals surface area (Å²) in [6.45, 7) is 6.32. The van der Waals surface area contributed by atoms with Crippen molar-refractivity contribution in [2.75, 3.05) is 13.2 Å². The third kappa shape index (κ3) is 66.1. The van der Waals surface area contributed by atoms with Crippen molar-refractivity contribution in [1.82, 2.24) is 0 Å². The zero-order valence-electron chi connectivity index (χ0n) is 53.2. The molecule has 464 valence electrons. The summed E-state index contributed by atoms with van der Waals surface area (Å²) in [5.41, 5.74) is 0. The van der Waals surface area contributed by atoms with E-state index >= 15 is 0 Å². The molecule has 0 heterocycles. The standard InChI is InChI=1S/C76H124O6/c1-4-7-10-13-16-19-22-24-26-28-30-31-32-33-34-35-36-37-38-39-40-41-42-43-44-45-47-48-50-52-54-57-60-63-66-69-75(78)81-72-73(71-80-74(77)68-65-62-59-56-21-18-15-12-9-6-3)82-76(79)70-67-64-61-58-55-53-51-49-46-29-27-25-23-20-17-14-11-8-5-2/h7-8,10-12,15-17,19-20,24-27,30-31,33-34,36-37,46,49,53,55,73H,4-6,9,13-14,18,21-23,28-29,32,35,38-45,47-48,50-52,54,56-72H2,1-3H3/b10-7-,11-8-,15-12-,19-16-,20-17-,26-24-,27-25-,31-30-,34-33-,37-36-,49-46-,55-53-. The molecule has 0 aromatic heterocycles. The Labute approximate surface area is 506 Å². The fraction of sp³-hybridized carbons (Fsp3) is 0.645. The number of allylic oxidation sites excluding steroid dienone is 24. The van der Waals surface area contributed by atoms with Gasteiger partial charge in [-0.25, -0.2) is 0 Å². The van der Waals surface area contributed by atoms with Gasteiger partial charge in [0.2, 0.25) is 0 Å². The molecule has 0 N–H and O–H groups in total. The topological polar surface area (TPSA) is 78.9 Å². The van der Waals surface area contributed by atoms with Crippen molar-refractivity contribution < 1.29 is 28.6 Å². The molecule has 0 amide bonds. The molecule has 0 saturated heterocycles. The van der Waals surface area contributed by atoms with E-state index in [1.54, 1.807) is 0 Å². The van der Waals surface area contributed by atoms with Crippen molar-refractivity contribution in [2.45, 2.75) is 303 Å². The lowest BCUT2D eigenvalue weighted by atomic mass is 10.0. The summed E-state index contributed by atoms with van der Waals surface area (Å²) in [6.07, 6.45) is 98.8. The average Bonchev–Trinajstić information content (AvgIpc) is 3.48. The molecule has 0 aromatic rings. The van der Waals surface area contributed by atoms with Crippen LogP contribution in [-0.2, 0) is 28.6 Å². The van der Waals surface area contributed by atoms with Crippen LogP contribution in [0.3, 0.4) is 0 Å². The highest BCUT2D eigenvalue weighted by atomic mass is 16.6. The molecular formula is C76H124O6. The lowest BCUT2D eigenvalue weighted by Gasteiger charge is -2.18. The van der Waals surface area contributed by atoms with E-state index in [0.717, 1.165) is 154 Å². The second-order valence-corrected chi connectivity index (χ2v) is 22.0. The summed E-state index contributed by atoms with van der Waals surface area (Å²) in [5, 5.41) is 0. The van der Waals surface area contributed by atoms with Gasteiger partial charge in [-0.3, -0.25) is 14.4 Å². The van der Waals surface area contributed by atoms with Crippen LogP contribution in [0, 0.1) is 0 Å². The molecule has 0 aliphatic carbocycles. The van der Waals surface area contributed by atoms with Crippen molar-refractivity contribution in [3.63, 3.8) is 0 Å². The number of hydrogen-bond acceptors (Lipinski definition) is 6. The Bertz CT molecular complexity index is 1780. The maximum absolute atomic E-state index is 12.9. The molecule has 0 fully saturated rings. The summed E-state index contributed by atoms with van der Waals surface area (Å²) in [6, 6.07) is 0. The molecule has 1 atom stereocenters. The number of esters is 3. The van der Waals surface area contributed by atoms with Gasteiger partial charge in [-0.15, -0.1) is 0 Å². The van der Waals surface area contributed by atoms with E-state index < -0.39 is 6.10 Å². The van der Waals surface area contributed by atoms with Gasteiger partial charge in [-0.2, -0.15) is 0 Å². The fourth-order valence-corrected chi connectivity index (χ4v) is 9.06. The smallest absolute Gasteiger partial charge is 0.306 e. The second-order valence-electron chi connectivity index (χ2n) is 22.0. The van der Waals surface area contributed by atoms with Crippen LogP contribution in [0.25, 0.3) is 0 Å². The van der Waals surface area contributed by atoms with E-state index in [4.69, 9.17) is 14.2 Å². The number of carbonyl (C=O) groups is 3. The number of carbonyl (C=O) groups excluding carboxylic acids is 3. The van der Waals surface area contributed by atoms with E-state index in [2.05, 4.69) is 167 Å². The van der Waals surface area contributed by atoms with E-state index in [0.29, 0.717) is 12.8 Å². The summed E-state index contributed by atoms with van der Waals surface area (Å²) in [7, 11) is 0. The van der Waals surface area contributed by atoms with E-state index in [9.17, 15) is 14.4 Å². The van der Waals surface area contributed by atoms with Gasteiger partial charge in [-0.1, -0.05) is 289 Å². The first-order valence-corrected chi connectivity index (χ1v) is 33.8. The van der Waals surface area contributed by atoms with Crippen LogP contribution in [0.15, 0.2) is 146 Å². The van der Waals surface area contributed by atoms with Crippen molar-refractivity contribution >= 4 is 17.9 Å². The second kappa shape index (κ2) is 68.8. The van der Waals surface area contributed by atoms with Gasteiger partial charge in [-0.05, 0) is 135 Å². The molecule has 0 aromatic carbocycles. The SMILES string of the molecule is CC/C=C\C/C=C\C/C=C\C/C=C\C/C=C\C/C=C\CCCCCCCCCCCCCCCCCCC(=O)OCC(COC(=O)CCCCCCC/C=C\CCC)OC(=O)CCCCC/C=C\C/C=C\C/C=C\C/C=C\C/C=C\CC. The average molecular weight is 1130 g/mol. The molecule has 0 rings (SSSR count). The van der Waals surface area contributed by atoms with Crippen LogP contribution in [0.4, 0.5) is 0 Å². The highest BCUT2D eigenvalue weighted by molar-refractivity contribution is 5.71. The molecule has 0 aliphatic rings. The third-order valence-corrected chi connectivity index (χ3v) is 14.0. The minimum absolute atomic E-state index is 0.0963. The van der Waals surface area contributed by atoms with Crippen LogP contribution < -0.4 is 0 Å².